The Balaban J connectivity index is 1.21. The average molecular weight is 584 g/mol. The van der Waals surface area contributed by atoms with Crippen LogP contribution in [0.25, 0.3) is 10.1 Å². The van der Waals surface area contributed by atoms with E-state index in [2.05, 4.69) is 57.0 Å². The van der Waals surface area contributed by atoms with Crippen LogP contribution < -0.4 is 14.5 Å². The summed E-state index contributed by atoms with van der Waals surface area (Å²) in [6, 6.07) is 11.2. The van der Waals surface area contributed by atoms with Crippen LogP contribution in [-0.2, 0) is 17.8 Å². The number of anilines is 2. The van der Waals surface area contributed by atoms with E-state index in [-0.39, 0.29) is 23.9 Å². The Kier molecular flexibility index (Phi) is 7.24. The summed E-state index contributed by atoms with van der Waals surface area (Å²) in [6.07, 6.45) is 7.20. The largest absolute Gasteiger partial charge is 0.461 e. The first-order valence-corrected chi connectivity index (χ1v) is 16.0. The molecule has 1 aromatic carbocycles. The number of fused-ring (bicyclic) bond motifs is 3. The molecule has 4 aliphatic rings. The van der Waals surface area contributed by atoms with Crippen molar-refractivity contribution in [2.24, 2.45) is 0 Å². The fourth-order valence-corrected chi connectivity index (χ4v) is 8.38. The Bertz CT molecular complexity index is 1540. The third kappa shape index (κ3) is 4.78. The highest BCUT2D eigenvalue weighted by Gasteiger charge is 2.45. The lowest BCUT2D eigenvalue weighted by Gasteiger charge is -2.42. The second-order valence-corrected chi connectivity index (χ2v) is 12.9. The minimum absolute atomic E-state index is 0.106. The lowest BCUT2D eigenvalue weighted by molar-refractivity contribution is -0.128. The molecule has 7 rings (SSSR count). The molecule has 6 heterocycles. The van der Waals surface area contributed by atoms with Crippen molar-refractivity contribution in [2.75, 3.05) is 55.7 Å². The second kappa shape index (κ2) is 11.2. The molecule has 3 saturated heterocycles. The van der Waals surface area contributed by atoms with Crippen LogP contribution in [0.5, 0.6) is 6.01 Å². The fraction of sp³-hybridized carbons (Fsp3) is 0.500. The van der Waals surface area contributed by atoms with Gasteiger partial charge in [-0.05, 0) is 74.8 Å². The van der Waals surface area contributed by atoms with Crippen molar-refractivity contribution in [1.29, 1.82) is 5.26 Å². The minimum atomic E-state index is -0.218. The van der Waals surface area contributed by atoms with Gasteiger partial charge in [0.1, 0.15) is 12.4 Å². The number of aromatic nitrogens is 2. The Morgan fingerprint density at radius 3 is 2.81 bits per heavy atom. The first-order chi connectivity index (χ1) is 20.6. The maximum atomic E-state index is 12.6. The van der Waals surface area contributed by atoms with Crippen LogP contribution >= 0.6 is 11.3 Å². The third-order valence-electron chi connectivity index (χ3n) is 9.68. The summed E-state index contributed by atoms with van der Waals surface area (Å²) < 4.78 is 7.79. The van der Waals surface area contributed by atoms with Crippen molar-refractivity contribution < 1.29 is 9.53 Å². The number of hydrogen-bond donors (Lipinski definition) is 0. The SMILES string of the molecule is C=CC(=O)N1CCN(c2nc(OCC34CCCN3CCC4)nc3c2CCN(c2cccc4sccc24)C3)C[C@@H]1CC#N. The summed E-state index contributed by atoms with van der Waals surface area (Å²) >= 11 is 1.77. The molecule has 9 nitrogen and oxygen atoms in total. The van der Waals surface area contributed by atoms with Gasteiger partial charge >= 0.3 is 6.01 Å². The zero-order valence-electron chi connectivity index (χ0n) is 24.0. The van der Waals surface area contributed by atoms with E-state index in [1.54, 1.807) is 16.2 Å². The molecule has 10 heteroatoms. The van der Waals surface area contributed by atoms with E-state index in [0.717, 1.165) is 43.1 Å². The van der Waals surface area contributed by atoms with Crippen LogP contribution in [0.15, 0.2) is 42.3 Å². The molecule has 218 valence electrons. The molecule has 0 N–H and O–H groups in total. The van der Waals surface area contributed by atoms with Gasteiger partial charge in [0.05, 0.1) is 36.3 Å². The molecule has 2 aromatic heterocycles. The smallest absolute Gasteiger partial charge is 0.318 e. The predicted octanol–water partition coefficient (Wildman–Crippen LogP) is 4.38. The zero-order valence-corrected chi connectivity index (χ0v) is 24.8. The number of rotatable bonds is 7. The molecule has 0 aliphatic carbocycles. The Hall–Kier alpha value is -3.68. The van der Waals surface area contributed by atoms with Crippen LogP contribution in [0.4, 0.5) is 11.5 Å². The molecule has 0 spiro atoms. The van der Waals surface area contributed by atoms with Crippen molar-refractivity contribution in [3.05, 3.63) is 53.6 Å². The van der Waals surface area contributed by atoms with Crippen molar-refractivity contribution in [3.8, 4) is 12.1 Å². The van der Waals surface area contributed by atoms with Gasteiger partial charge in [0, 0.05) is 47.5 Å². The Morgan fingerprint density at radius 1 is 1.14 bits per heavy atom. The van der Waals surface area contributed by atoms with Gasteiger partial charge < -0.3 is 19.4 Å². The van der Waals surface area contributed by atoms with Crippen LogP contribution in [0.2, 0.25) is 0 Å². The molecule has 0 radical (unpaired) electrons. The number of hydrogen-bond acceptors (Lipinski definition) is 9. The molecule has 3 fully saturated rings. The number of nitrogens with zero attached hydrogens (tertiary/aromatic N) is 7. The monoisotopic (exact) mass is 583 g/mol. The quantitative estimate of drug-likeness (QED) is 0.379. The predicted molar refractivity (Wildman–Crippen MR) is 165 cm³/mol. The summed E-state index contributed by atoms with van der Waals surface area (Å²) in [5.41, 5.74) is 3.49. The van der Waals surface area contributed by atoms with Gasteiger partial charge in [-0.25, -0.2) is 0 Å². The van der Waals surface area contributed by atoms with Gasteiger partial charge in [-0.3, -0.25) is 9.69 Å². The Labute approximate surface area is 251 Å². The number of amides is 1. The molecule has 3 aromatic rings. The second-order valence-electron chi connectivity index (χ2n) is 11.9. The van der Waals surface area contributed by atoms with Crippen LogP contribution in [0, 0.1) is 11.3 Å². The fourth-order valence-electron chi connectivity index (χ4n) is 7.57. The number of piperazine rings is 1. The molecule has 4 aliphatic heterocycles. The van der Waals surface area contributed by atoms with E-state index in [1.165, 1.54) is 47.5 Å². The van der Waals surface area contributed by atoms with E-state index < -0.39 is 0 Å². The average Bonchev–Trinajstić information content (AvgIpc) is 3.75. The molecule has 42 heavy (non-hydrogen) atoms. The van der Waals surface area contributed by atoms with Gasteiger partial charge in [-0.15, -0.1) is 11.3 Å². The van der Waals surface area contributed by atoms with Gasteiger partial charge in [0.25, 0.3) is 0 Å². The zero-order chi connectivity index (χ0) is 28.7. The minimum Gasteiger partial charge on any atom is -0.461 e. The van der Waals surface area contributed by atoms with Crippen molar-refractivity contribution in [2.45, 2.75) is 56.7 Å². The van der Waals surface area contributed by atoms with E-state index >= 15 is 0 Å². The summed E-state index contributed by atoms with van der Waals surface area (Å²) in [7, 11) is 0. The van der Waals surface area contributed by atoms with Crippen molar-refractivity contribution in [3.63, 3.8) is 0 Å². The van der Waals surface area contributed by atoms with E-state index in [0.29, 0.717) is 38.8 Å². The van der Waals surface area contributed by atoms with Gasteiger partial charge in [-0.1, -0.05) is 12.6 Å². The first-order valence-electron chi connectivity index (χ1n) is 15.1. The normalized spacial score (nSPS) is 21.7. The highest BCUT2D eigenvalue weighted by molar-refractivity contribution is 7.17. The van der Waals surface area contributed by atoms with Gasteiger partial charge in [0.15, 0.2) is 0 Å². The van der Waals surface area contributed by atoms with E-state index in [1.807, 2.05) is 0 Å². The highest BCUT2D eigenvalue weighted by atomic mass is 32.1. The first kappa shape index (κ1) is 27.2. The molecule has 1 amide bonds. The molecular weight excluding hydrogens is 546 g/mol. The van der Waals surface area contributed by atoms with Crippen molar-refractivity contribution >= 4 is 38.8 Å². The lowest BCUT2D eigenvalue weighted by Crippen LogP contribution is -2.55. The van der Waals surface area contributed by atoms with Crippen LogP contribution in [0.1, 0.15) is 43.4 Å². The van der Waals surface area contributed by atoms with E-state index in [9.17, 15) is 10.1 Å². The Morgan fingerprint density at radius 2 is 2.00 bits per heavy atom. The maximum absolute atomic E-state index is 12.6. The number of thiophene rings is 1. The molecule has 0 bridgehead atoms. The van der Waals surface area contributed by atoms with Gasteiger partial charge in [0.2, 0.25) is 5.91 Å². The number of carbonyl (C=O) groups is 1. The standard InChI is InChI=1S/C32H37N7O2S/c1-2-29(40)39-18-17-37(20-23(39)8-13-33)30-24-9-16-36(27-6-3-7-28-25(27)10-19-42-28)21-26(24)34-31(35-30)41-22-32-11-4-14-38(32)15-5-12-32/h2-3,6-7,10,19,23H,1,4-5,8-9,11-12,14-18,20-22H2/t23-/m0/s1. The number of carbonyl (C=O) groups excluding carboxylic acids is 1. The molecular formula is C32H37N7O2S. The summed E-state index contributed by atoms with van der Waals surface area (Å²) in [5, 5.41) is 13.0. The lowest BCUT2D eigenvalue weighted by atomic mass is 9.95. The molecule has 0 saturated carbocycles. The molecule has 0 unspecified atom stereocenters. The number of ether oxygens (including phenoxy) is 1. The van der Waals surface area contributed by atoms with Gasteiger partial charge in [-0.2, -0.15) is 15.2 Å². The summed E-state index contributed by atoms with van der Waals surface area (Å²) in [4.78, 5) is 31.7. The highest BCUT2D eigenvalue weighted by Crippen LogP contribution is 2.40. The third-order valence-corrected chi connectivity index (χ3v) is 10.6. The van der Waals surface area contributed by atoms with Crippen LogP contribution in [-0.4, -0.2) is 83.1 Å². The summed E-state index contributed by atoms with van der Waals surface area (Å²) in [6.45, 7) is 9.84. The summed E-state index contributed by atoms with van der Waals surface area (Å²) in [5.74, 6) is 0.767. The topological polar surface area (TPSA) is 88.8 Å². The number of benzene rings is 1. The van der Waals surface area contributed by atoms with Crippen molar-refractivity contribution in [1.82, 2.24) is 19.8 Å². The van der Waals surface area contributed by atoms with E-state index in [4.69, 9.17) is 14.7 Å². The molecule has 1 atom stereocenters. The van der Waals surface area contributed by atoms with Crippen LogP contribution in [0.3, 0.4) is 0 Å². The number of nitriles is 1. The maximum Gasteiger partial charge on any atom is 0.318 e.